The van der Waals surface area contributed by atoms with E-state index < -0.39 is 6.09 Å². The van der Waals surface area contributed by atoms with E-state index in [-0.39, 0.29) is 11.8 Å². The van der Waals surface area contributed by atoms with Crippen molar-refractivity contribution < 1.29 is 14.7 Å². The highest BCUT2D eigenvalue weighted by Gasteiger charge is 2.20. The van der Waals surface area contributed by atoms with Gasteiger partial charge in [-0.2, -0.15) is 0 Å². The SMILES string of the molecule is CN1CCN(C(=O)CCC(CCCCCCCCCCCCCCCCc2ccccc2)CNC(=O)O)CC1. The quantitative estimate of drug-likeness (QED) is 0.148. The number of benzene rings is 1. The number of carboxylic acid groups (broad SMARTS) is 1. The van der Waals surface area contributed by atoms with Crippen LogP contribution in [0.3, 0.4) is 0 Å². The maximum absolute atomic E-state index is 12.6. The van der Waals surface area contributed by atoms with E-state index in [4.69, 9.17) is 5.11 Å². The predicted octanol–water partition coefficient (Wildman–Crippen LogP) is 7.52. The molecule has 6 nitrogen and oxygen atoms in total. The molecule has 0 aromatic heterocycles. The minimum absolute atomic E-state index is 0.224. The zero-order valence-electron chi connectivity index (χ0n) is 24.9. The number of aryl methyl sites for hydroxylation is 1. The van der Waals surface area contributed by atoms with Crippen molar-refractivity contribution in [2.75, 3.05) is 39.8 Å². The average molecular weight is 544 g/mol. The second-order valence-corrected chi connectivity index (χ2v) is 11.7. The molecule has 1 atom stereocenters. The summed E-state index contributed by atoms with van der Waals surface area (Å²) in [7, 11) is 2.09. The molecule has 0 aliphatic carbocycles. The molecule has 2 rings (SSSR count). The van der Waals surface area contributed by atoms with Crippen LogP contribution in [0.4, 0.5) is 4.79 Å². The third-order valence-electron chi connectivity index (χ3n) is 8.34. The third-order valence-corrected chi connectivity index (χ3v) is 8.34. The van der Waals surface area contributed by atoms with Gasteiger partial charge in [-0.15, -0.1) is 0 Å². The molecule has 1 fully saturated rings. The number of rotatable bonds is 22. The van der Waals surface area contributed by atoms with E-state index in [9.17, 15) is 9.59 Å². The molecule has 1 aliphatic rings. The molecule has 0 bridgehead atoms. The van der Waals surface area contributed by atoms with Crippen LogP contribution >= 0.6 is 0 Å². The Hall–Kier alpha value is -2.08. The Morgan fingerprint density at radius 3 is 1.79 bits per heavy atom. The summed E-state index contributed by atoms with van der Waals surface area (Å²) >= 11 is 0. The van der Waals surface area contributed by atoms with Gasteiger partial charge >= 0.3 is 6.09 Å². The van der Waals surface area contributed by atoms with Crippen molar-refractivity contribution in [2.24, 2.45) is 5.92 Å². The van der Waals surface area contributed by atoms with Gasteiger partial charge in [0.25, 0.3) is 0 Å². The summed E-state index contributed by atoms with van der Waals surface area (Å²) < 4.78 is 0. The van der Waals surface area contributed by atoms with Gasteiger partial charge in [-0.3, -0.25) is 4.79 Å². The second-order valence-electron chi connectivity index (χ2n) is 11.7. The van der Waals surface area contributed by atoms with Gasteiger partial charge in [0.15, 0.2) is 0 Å². The standard InChI is InChI=1S/C33H57N3O3/c1-35-25-27-36(28-26-35)32(37)24-23-31(29-34-33(38)39)22-16-13-11-9-7-5-3-2-4-6-8-10-12-15-19-30-20-17-14-18-21-30/h14,17-18,20-21,31,34H,2-13,15-16,19,22-29H2,1H3,(H,38,39). The van der Waals surface area contributed by atoms with Gasteiger partial charge in [-0.1, -0.05) is 114 Å². The molecule has 2 N–H and O–H groups in total. The normalized spacial score (nSPS) is 14.8. The van der Waals surface area contributed by atoms with Crippen LogP contribution in [0, 0.1) is 5.92 Å². The van der Waals surface area contributed by atoms with E-state index in [1.165, 1.54) is 95.5 Å². The number of unbranched alkanes of at least 4 members (excludes halogenated alkanes) is 13. The summed E-state index contributed by atoms with van der Waals surface area (Å²) in [4.78, 5) is 27.8. The highest BCUT2D eigenvalue weighted by molar-refractivity contribution is 5.76. The van der Waals surface area contributed by atoms with Crippen LogP contribution in [0.25, 0.3) is 0 Å². The van der Waals surface area contributed by atoms with Gasteiger partial charge in [0.05, 0.1) is 0 Å². The maximum atomic E-state index is 12.6. The average Bonchev–Trinajstić information content (AvgIpc) is 2.94. The van der Waals surface area contributed by atoms with Crippen LogP contribution in [-0.2, 0) is 11.2 Å². The molecule has 0 radical (unpaired) electrons. The molecule has 39 heavy (non-hydrogen) atoms. The van der Waals surface area contributed by atoms with E-state index >= 15 is 0 Å². The molecule has 1 aromatic carbocycles. The molecule has 1 aliphatic heterocycles. The number of nitrogens with zero attached hydrogens (tertiary/aromatic N) is 2. The molecule has 0 spiro atoms. The van der Waals surface area contributed by atoms with Crippen molar-refractivity contribution >= 4 is 12.0 Å². The monoisotopic (exact) mass is 543 g/mol. The largest absolute Gasteiger partial charge is 0.465 e. The zero-order valence-corrected chi connectivity index (χ0v) is 24.9. The van der Waals surface area contributed by atoms with Gasteiger partial charge in [0.2, 0.25) is 5.91 Å². The summed E-state index contributed by atoms with van der Waals surface area (Å²) in [5.74, 6) is 0.476. The maximum Gasteiger partial charge on any atom is 0.404 e. The fraction of sp³-hybridized carbons (Fsp3) is 0.758. The first-order valence-corrected chi connectivity index (χ1v) is 16.0. The zero-order chi connectivity index (χ0) is 28.0. The Bertz CT molecular complexity index is 750. The molecule has 1 aromatic rings. The molecule has 2 amide bonds. The number of nitrogens with one attached hydrogen (secondary N) is 1. The first-order chi connectivity index (χ1) is 19.0. The summed E-state index contributed by atoms with van der Waals surface area (Å²) in [5.41, 5.74) is 1.47. The molecule has 1 saturated heterocycles. The first-order valence-electron chi connectivity index (χ1n) is 16.0. The molecule has 222 valence electrons. The predicted molar refractivity (Wildman–Crippen MR) is 162 cm³/mol. The van der Waals surface area contributed by atoms with Gasteiger partial charge in [-0.25, -0.2) is 4.79 Å². The highest BCUT2D eigenvalue weighted by Crippen LogP contribution is 2.19. The fourth-order valence-electron chi connectivity index (χ4n) is 5.65. The summed E-state index contributed by atoms with van der Waals surface area (Å²) in [5, 5.41) is 11.6. The lowest BCUT2D eigenvalue weighted by molar-refractivity contribution is -0.133. The lowest BCUT2D eigenvalue weighted by Crippen LogP contribution is -2.47. The molecule has 6 heteroatoms. The Morgan fingerprint density at radius 2 is 1.26 bits per heavy atom. The highest BCUT2D eigenvalue weighted by atomic mass is 16.4. The summed E-state index contributed by atoms with van der Waals surface area (Å²) in [6.07, 6.45) is 21.2. The van der Waals surface area contributed by atoms with E-state index in [1.54, 1.807) is 0 Å². The Labute approximate surface area is 238 Å². The third kappa shape index (κ3) is 17.3. The number of amides is 2. The van der Waals surface area contributed by atoms with E-state index in [2.05, 4.69) is 47.6 Å². The van der Waals surface area contributed by atoms with Crippen LogP contribution in [0.5, 0.6) is 0 Å². The van der Waals surface area contributed by atoms with E-state index in [0.717, 1.165) is 45.4 Å². The smallest absolute Gasteiger partial charge is 0.404 e. The van der Waals surface area contributed by atoms with Gasteiger partial charge < -0.3 is 20.2 Å². The number of hydrogen-bond donors (Lipinski definition) is 2. The van der Waals surface area contributed by atoms with Gasteiger partial charge in [-0.05, 0) is 44.2 Å². The molecular weight excluding hydrogens is 486 g/mol. The van der Waals surface area contributed by atoms with Gasteiger partial charge in [0, 0.05) is 39.1 Å². The lowest BCUT2D eigenvalue weighted by Gasteiger charge is -2.32. The number of likely N-dealkylation sites (N-methyl/N-ethyl adjacent to an activating group) is 1. The number of carbonyl (C=O) groups is 2. The minimum Gasteiger partial charge on any atom is -0.465 e. The van der Waals surface area contributed by atoms with Crippen molar-refractivity contribution in [2.45, 2.75) is 116 Å². The van der Waals surface area contributed by atoms with Crippen molar-refractivity contribution in [3.05, 3.63) is 35.9 Å². The first kappa shape index (κ1) is 33.1. The Morgan fingerprint density at radius 1 is 0.744 bits per heavy atom. The van der Waals surface area contributed by atoms with Crippen molar-refractivity contribution in [1.82, 2.24) is 15.1 Å². The summed E-state index contributed by atoms with van der Waals surface area (Å²) in [6, 6.07) is 10.8. The Kier molecular flexibility index (Phi) is 18.4. The number of piperazine rings is 1. The van der Waals surface area contributed by atoms with Crippen LogP contribution in [0.15, 0.2) is 30.3 Å². The van der Waals surface area contributed by atoms with Crippen LogP contribution in [-0.4, -0.2) is 66.7 Å². The second kappa shape index (κ2) is 21.7. The van der Waals surface area contributed by atoms with E-state index in [1.807, 2.05) is 4.90 Å². The van der Waals surface area contributed by atoms with Crippen LogP contribution < -0.4 is 5.32 Å². The molecular formula is C33H57N3O3. The summed E-state index contributed by atoms with van der Waals surface area (Å²) in [6.45, 7) is 3.95. The van der Waals surface area contributed by atoms with Crippen molar-refractivity contribution in [1.29, 1.82) is 0 Å². The molecule has 1 heterocycles. The molecule has 1 unspecified atom stereocenters. The fourth-order valence-corrected chi connectivity index (χ4v) is 5.65. The number of carbonyl (C=O) groups excluding carboxylic acids is 1. The number of hydrogen-bond acceptors (Lipinski definition) is 3. The van der Waals surface area contributed by atoms with Crippen LogP contribution in [0.1, 0.15) is 115 Å². The van der Waals surface area contributed by atoms with Crippen LogP contribution in [0.2, 0.25) is 0 Å². The van der Waals surface area contributed by atoms with Crippen molar-refractivity contribution in [3.8, 4) is 0 Å². The Balaban J connectivity index is 1.39. The van der Waals surface area contributed by atoms with E-state index in [0.29, 0.717) is 13.0 Å². The minimum atomic E-state index is -0.968. The molecule has 0 saturated carbocycles. The topological polar surface area (TPSA) is 72.9 Å². The van der Waals surface area contributed by atoms with Crippen molar-refractivity contribution in [3.63, 3.8) is 0 Å². The lowest BCUT2D eigenvalue weighted by atomic mass is 9.95. The van der Waals surface area contributed by atoms with Gasteiger partial charge in [0.1, 0.15) is 0 Å².